The van der Waals surface area contributed by atoms with Gasteiger partial charge >= 0.3 is 12.1 Å². The summed E-state index contributed by atoms with van der Waals surface area (Å²) in [4.78, 5) is 11.1. The van der Waals surface area contributed by atoms with Crippen molar-refractivity contribution in [3.05, 3.63) is 54.0 Å². The Morgan fingerprint density at radius 3 is 2.38 bits per heavy atom. The number of aliphatic carboxylic acids is 1. The van der Waals surface area contributed by atoms with Crippen LogP contribution in [0.2, 0.25) is 0 Å². The van der Waals surface area contributed by atoms with E-state index >= 15 is 0 Å². The maximum atomic E-state index is 12.4. The van der Waals surface area contributed by atoms with Gasteiger partial charge in [0.15, 0.2) is 0 Å². The first-order chi connectivity index (χ1) is 9.88. The van der Waals surface area contributed by atoms with Crippen LogP contribution in [0.1, 0.15) is 17.2 Å². The molecule has 0 fully saturated rings. The lowest BCUT2D eigenvalue weighted by molar-refractivity contribution is -0.140. The van der Waals surface area contributed by atoms with E-state index in [1.807, 2.05) is 0 Å². The number of halogens is 3. The van der Waals surface area contributed by atoms with Gasteiger partial charge in [0, 0.05) is 0 Å². The summed E-state index contributed by atoms with van der Waals surface area (Å²) >= 11 is 0. The first-order valence-corrected chi connectivity index (χ1v) is 5.94. The van der Waals surface area contributed by atoms with E-state index in [2.05, 4.69) is 0 Å². The van der Waals surface area contributed by atoms with E-state index < -0.39 is 23.6 Å². The molecule has 2 rings (SSSR count). The summed E-state index contributed by atoms with van der Waals surface area (Å²) in [6.07, 6.45) is -3.08. The largest absolute Gasteiger partial charge is 0.492 e. The van der Waals surface area contributed by atoms with Crippen LogP contribution in [0.5, 0.6) is 5.75 Å². The highest BCUT2D eigenvalue weighted by Gasteiger charge is 2.30. The monoisotopic (exact) mass is 300 g/mol. The quantitative estimate of drug-likeness (QED) is 0.917. The van der Waals surface area contributed by atoms with Crippen molar-refractivity contribution < 1.29 is 32.2 Å². The van der Waals surface area contributed by atoms with Gasteiger partial charge in [-0.1, -0.05) is 0 Å². The van der Waals surface area contributed by atoms with Gasteiger partial charge in [0.05, 0.1) is 11.8 Å². The van der Waals surface area contributed by atoms with Crippen LogP contribution in [-0.2, 0) is 11.0 Å². The molecule has 21 heavy (non-hydrogen) atoms. The number of rotatable bonds is 5. The van der Waals surface area contributed by atoms with Gasteiger partial charge in [-0.3, -0.25) is 4.79 Å². The van der Waals surface area contributed by atoms with Gasteiger partial charge in [-0.15, -0.1) is 0 Å². The van der Waals surface area contributed by atoms with Gasteiger partial charge in [-0.25, -0.2) is 0 Å². The maximum Gasteiger partial charge on any atom is 0.416 e. The zero-order chi connectivity index (χ0) is 15.5. The van der Waals surface area contributed by atoms with Crippen molar-refractivity contribution in [1.82, 2.24) is 0 Å². The molecule has 112 valence electrons. The minimum absolute atomic E-state index is 0.154. The minimum atomic E-state index is -4.42. The molecule has 4 nitrogen and oxygen atoms in total. The summed E-state index contributed by atoms with van der Waals surface area (Å²) in [6, 6.07) is 7.07. The van der Waals surface area contributed by atoms with Gasteiger partial charge in [0.2, 0.25) is 0 Å². The number of carboxylic acid groups (broad SMARTS) is 1. The van der Waals surface area contributed by atoms with E-state index in [0.717, 1.165) is 24.3 Å². The number of furan rings is 1. The van der Waals surface area contributed by atoms with E-state index in [0.29, 0.717) is 0 Å². The van der Waals surface area contributed by atoms with Crippen molar-refractivity contribution >= 4 is 5.97 Å². The zero-order valence-corrected chi connectivity index (χ0v) is 10.6. The molecule has 1 unspecified atom stereocenters. The normalized spacial score (nSPS) is 12.9. The molecule has 0 bridgehead atoms. The van der Waals surface area contributed by atoms with Crippen LogP contribution in [-0.4, -0.2) is 17.7 Å². The van der Waals surface area contributed by atoms with Crippen LogP contribution in [0.25, 0.3) is 0 Å². The highest BCUT2D eigenvalue weighted by Crippen LogP contribution is 2.30. The molecular formula is C14H11F3O4. The number of benzene rings is 1. The fourth-order valence-corrected chi connectivity index (χ4v) is 1.68. The molecule has 1 aromatic heterocycles. The topological polar surface area (TPSA) is 59.7 Å². The Hall–Kier alpha value is -2.44. The number of carboxylic acids is 1. The molecule has 0 aliphatic heterocycles. The smallest absolute Gasteiger partial charge is 0.416 e. The molecule has 7 heteroatoms. The van der Waals surface area contributed by atoms with Crippen molar-refractivity contribution in [3.63, 3.8) is 0 Å². The molecule has 0 spiro atoms. The Bertz CT molecular complexity index is 588. The van der Waals surface area contributed by atoms with Crippen LogP contribution in [0, 0.1) is 0 Å². The Balaban J connectivity index is 2.03. The van der Waals surface area contributed by atoms with E-state index in [9.17, 15) is 18.0 Å². The summed E-state index contributed by atoms with van der Waals surface area (Å²) in [6.45, 7) is -0.242. The molecule has 0 saturated heterocycles. The molecule has 1 atom stereocenters. The molecule has 0 aliphatic rings. The van der Waals surface area contributed by atoms with Gasteiger partial charge in [0.25, 0.3) is 0 Å². The van der Waals surface area contributed by atoms with Gasteiger partial charge in [-0.05, 0) is 36.4 Å². The van der Waals surface area contributed by atoms with Crippen LogP contribution < -0.4 is 4.74 Å². The summed E-state index contributed by atoms with van der Waals surface area (Å²) in [5.74, 6) is -1.80. The Labute approximate surface area is 117 Å². The number of ether oxygens (including phenoxy) is 1. The third-order valence-electron chi connectivity index (χ3n) is 2.78. The number of alkyl halides is 3. The highest BCUT2D eigenvalue weighted by atomic mass is 19.4. The highest BCUT2D eigenvalue weighted by molar-refractivity contribution is 5.75. The van der Waals surface area contributed by atoms with E-state index in [1.165, 1.54) is 12.3 Å². The fourth-order valence-electron chi connectivity index (χ4n) is 1.68. The molecule has 0 saturated carbocycles. The molecule has 0 aliphatic carbocycles. The van der Waals surface area contributed by atoms with Crippen molar-refractivity contribution in [1.29, 1.82) is 0 Å². The fraction of sp³-hybridized carbons (Fsp3) is 0.214. The standard InChI is InChI=1S/C14H11F3O4/c15-14(16,17)9-3-5-10(6-4-9)21-8-11(13(18)19)12-2-1-7-20-12/h1-7,11H,8H2,(H,18,19). The summed E-state index contributed by atoms with van der Waals surface area (Å²) in [5.41, 5.74) is -0.796. The molecule has 1 aromatic carbocycles. The van der Waals surface area contributed by atoms with E-state index in [1.54, 1.807) is 6.07 Å². The summed E-state index contributed by atoms with van der Waals surface area (Å²) in [7, 11) is 0. The molecule has 0 amide bonds. The number of carbonyl (C=O) groups is 1. The van der Waals surface area contributed by atoms with Gasteiger partial charge in [-0.2, -0.15) is 13.2 Å². The Morgan fingerprint density at radius 2 is 1.90 bits per heavy atom. The van der Waals surface area contributed by atoms with Crippen molar-refractivity contribution in [2.75, 3.05) is 6.61 Å². The first-order valence-electron chi connectivity index (χ1n) is 5.94. The molecular weight excluding hydrogens is 289 g/mol. The van der Waals surface area contributed by atoms with Crippen LogP contribution in [0.4, 0.5) is 13.2 Å². The summed E-state index contributed by atoms with van der Waals surface area (Å²) in [5, 5.41) is 9.09. The molecule has 2 aromatic rings. The second-order valence-electron chi connectivity index (χ2n) is 4.24. The number of hydrogen-bond donors (Lipinski definition) is 1. The van der Waals surface area contributed by atoms with E-state index in [-0.39, 0.29) is 18.1 Å². The van der Waals surface area contributed by atoms with Crippen molar-refractivity contribution in [2.24, 2.45) is 0 Å². The predicted octanol–water partition coefficient (Wildman–Crippen LogP) is 3.55. The average Bonchev–Trinajstić information content (AvgIpc) is 2.92. The lowest BCUT2D eigenvalue weighted by Crippen LogP contribution is -2.19. The third-order valence-corrected chi connectivity index (χ3v) is 2.78. The second kappa shape index (κ2) is 5.90. The van der Waals surface area contributed by atoms with Crippen LogP contribution in [0.15, 0.2) is 47.1 Å². The number of hydrogen-bond acceptors (Lipinski definition) is 3. The van der Waals surface area contributed by atoms with Crippen molar-refractivity contribution in [3.8, 4) is 5.75 Å². The van der Waals surface area contributed by atoms with Gasteiger partial charge < -0.3 is 14.3 Å². The minimum Gasteiger partial charge on any atom is -0.492 e. The molecule has 1 heterocycles. The van der Waals surface area contributed by atoms with Crippen molar-refractivity contribution in [2.45, 2.75) is 12.1 Å². The lowest BCUT2D eigenvalue weighted by atomic mass is 10.1. The second-order valence-corrected chi connectivity index (χ2v) is 4.24. The predicted molar refractivity (Wildman–Crippen MR) is 66.0 cm³/mol. The summed E-state index contributed by atoms with van der Waals surface area (Å²) < 4.78 is 47.4. The van der Waals surface area contributed by atoms with Crippen LogP contribution in [0.3, 0.4) is 0 Å². The molecule has 1 N–H and O–H groups in total. The van der Waals surface area contributed by atoms with Crippen LogP contribution >= 0.6 is 0 Å². The SMILES string of the molecule is O=C(O)C(COc1ccc(C(F)(F)F)cc1)c1ccco1. The Morgan fingerprint density at radius 1 is 1.24 bits per heavy atom. The first kappa shape index (κ1) is 15.0. The third kappa shape index (κ3) is 3.77. The molecule has 0 radical (unpaired) electrons. The maximum absolute atomic E-state index is 12.4. The average molecular weight is 300 g/mol. The lowest BCUT2D eigenvalue weighted by Gasteiger charge is -2.12. The van der Waals surface area contributed by atoms with E-state index in [4.69, 9.17) is 14.3 Å². The Kier molecular flexibility index (Phi) is 4.21. The zero-order valence-electron chi connectivity index (χ0n) is 10.6. The van der Waals surface area contributed by atoms with Gasteiger partial charge in [0.1, 0.15) is 24.0 Å².